The fourth-order valence-electron chi connectivity index (χ4n) is 2.61. The summed E-state index contributed by atoms with van der Waals surface area (Å²) in [4.78, 5) is 4.40. The van der Waals surface area contributed by atoms with E-state index in [-0.39, 0.29) is 24.0 Å². The van der Waals surface area contributed by atoms with Gasteiger partial charge < -0.3 is 25.3 Å². The number of ether oxygens (including phenoxy) is 3. The van der Waals surface area contributed by atoms with Crippen molar-refractivity contribution >= 4 is 35.6 Å². The molecule has 27 heavy (non-hydrogen) atoms. The van der Waals surface area contributed by atoms with Gasteiger partial charge in [0.2, 0.25) is 0 Å². The van der Waals surface area contributed by atoms with Crippen LogP contribution in [0.25, 0.3) is 0 Å². The molecule has 3 N–H and O–H groups in total. The second-order valence-electron chi connectivity index (χ2n) is 5.51. The number of aliphatic imine (C=N–C) groups is 1. The van der Waals surface area contributed by atoms with Crippen molar-refractivity contribution in [2.75, 3.05) is 26.6 Å². The van der Waals surface area contributed by atoms with Gasteiger partial charge in [-0.25, -0.2) is 4.99 Å². The molecule has 0 amide bonds. The monoisotopic (exact) mass is 483 g/mol. The van der Waals surface area contributed by atoms with Crippen LogP contribution in [0.5, 0.6) is 17.2 Å². The van der Waals surface area contributed by atoms with Gasteiger partial charge in [-0.3, -0.25) is 0 Å². The van der Waals surface area contributed by atoms with E-state index in [4.69, 9.17) is 19.9 Å². The van der Waals surface area contributed by atoms with E-state index in [0.717, 1.165) is 16.8 Å². The minimum Gasteiger partial charge on any atom is -0.495 e. The maximum Gasteiger partial charge on any atom is 0.193 e. The predicted octanol–water partition coefficient (Wildman–Crippen LogP) is 3.99. The molecular formula is C20H26IN3O3. The normalized spacial score (nSPS) is 10.6. The molecule has 0 aliphatic carbocycles. The third-order valence-corrected chi connectivity index (χ3v) is 3.78. The van der Waals surface area contributed by atoms with Gasteiger partial charge in [-0.2, -0.15) is 0 Å². The van der Waals surface area contributed by atoms with Gasteiger partial charge in [0, 0.05) is 5.56 Å². The van der Waals surface area contributed by atoms with Crippen LogP contribution in [-0.4, -0.2) is 27.3 Å². The Labute approximate surface area is 177 Å². The number of methoxy groups -OCH3 is 3. The van der Waals surface area contributed by atoms with Crippen molar-refractivity contribution in [3.63, 3.8) is 0 Å². The predicted molar refractivity (Wildman–Crippen MR) is 121 cm³/mol. The van der Waals surface area contributed by atoms with Crippen molar-refractivity contribution in [3.05, 3.63) is 60.2 Å². The van der Waals surface area contributed by atoms with Crippen LogP contribution >= 0.6 is 24.0 Å². The highest BCUT2D eigenvalue weighted by Crippen LogP contribution is 2.33. The lowest BCUT2D eigenvalue weighted by Gasteiger charge is -2.14. The minimum absolute atomic E-state index is 0. The molecule has 0 radical (unpaired) electrons. The molecule has 6 nitrogen and oxygen atoms in total. The number of benzene rings is 2. The van der Waals surface area contributed by atoms with Crippen molar-refractivity contribution in [2.45, 2.75) is 13.0 Å². The molecule has 2 aromatic rings. The van der Waals surface area contributed by atoms with E-state index in [9.17, 15) is 0 Å². The van der Waals surface area contributed by atoms with Crippen LogP contribution in [0.3, 0.4) is 0 Å². The number of nitrogens with two attached hydrogens (primary N) is 1. The highest BCUT2D eigenvalue weighted by molar-refractivity contribution is 14.0. The number of nitrogens with zero attached hydrogens (tertiary/aromatic N) is 1. The van der Waals surface area contributed by atoms with Crippen molar-refractivity contribution in [3.8, 4) is 17.2 Å². The number of guanidine groups is 1. The average Bonchev–Trinajstić information content (AvgIpc) is 2.66. The van der Waals surface area contributed by atoms with E-state index >= 15 is 0 Å². The van der Waals surface area contributed by atoms with E-state index < -0.39 is 0 Å². The summed E-state index contributed by atoms with van der Waals surface area (Å²) < 4.78 is 16.2. The summed E-state index contributed by atoms with van der Waals surface area (Å²) >= 11 is 0. The van der Waals surface area contributed by atoms with Crippen molar-refractivity contribution in [1.82, 2.24) is 0 Å². The summed E-state index contributed by atoms with van der Waals surface area (Å²) in [5, 5.41) is 3.05. The van der Waals surface area contributed by atoms with Gasteiger partial charge in [0.1, 0.15) is 5.75 Å². The first-order valence-electron chi connectivity index (χ1n) is 8.17. The first kappa shape index (κ1) is 22.6. The van der Waals surface area contributed by atoms with Crippen LogP contribution < -0.4 is 25.3 Å². The third-order valence-electron chi connectivity index (χ3n) is 3.78. The number of allylic oxidation sites excluding steroid dienone is 1. The zero-order valence-corrected chi connectivity index (χ0v) is 18.2. The number of halogens is 1. The fraction of sp³-hybridized carbons (Fsp3) is 0.250. The Morgan fingerprint density at radius 1 is 1.11 bits per heavy atom. The van der Waals surface area contributed by atoms with E-state index in [1.807, 2.05) is 42.5 Å². The SMILES string of the molecule is C=CCc1cc(CN=C(N)Nc2ccccc2OC)cc(OC)c1OC.I. The largest absolute Gasteiger partial charge is 0.495 e. The molecule has 0 atom stereocenters. The fourth-order valence-corrected chi connectivity index (χ4v) is 2.61. The number of hydrogen-bond donors (Lipinski definition) is 2. The van der Waals surface area contributed by atoms with Gasteiger partial charge in [-0.05, 0) is 36.2 Å². The molecule has 2 aromatic carbocycles. The summed E-state index contributed by atoms with van der Waals surface area (Å²) in [5.74, 6) is 2.37. The highest BCUT2D eigenvalue weighted by Gasteiger charge is 2.11. The zero-order valence-electron chi connectivity index (χ0n) is 15.8. The molecule has 0 heterocycles. The molecule has 7 heteroatoms. The molecule has 2 rings (SSSR count). The second kappa shape index (κ2) is 11.3. The number of nitrogens with one attached hydrogen (secondary N) is 1. The lowest BCUT2D eigenvalue weighted by Crippen LogP contribution is -2.22. The Morgan fingerprint density at radius 2 is 1.81 bits per heavy atom. The van der Waals surface area contributed by atoms with E-state index in [1.54, 1.807) is 21.3 Å². The number of hydrogen-bond acceptors (Lipinski definition) is 4. The Bertz CT molecular complexity index is 794. The molecule has 0 aliphatic rings. The Morgan fingerprint density at radius 3 is 2.44 bits per heavy atom. The quantitative estimate of drug-likeness (QED) is 0.257. The Kier molecular flexibility index (Phi) is 9.49. The molecule has 0 saturated carbocycles. The van der Waals surface area contributed by atoms with Crippen molar-refractivity contribution < 1.29 is 14.2 Å². The molecule has 0 fully saturated rings. The second-order valence-corrected chi connectivity index (χ2v) is 5.51. The molecule has 0 aromatic heterocycles. The third kappa shape index (κ3) is 6.06. The summed E-state index contributed by atoms with van der Waals surface area (Å²) in [7, 11) is 4.84. The first-order chi connectivity index (χ1) is 12.6. The minimum atomic E-state index is 0. The maximum atomic E-state index is 6.01. The van der Waals surface area contributed by atoms with Gasteiger partial charge in [-0.15, -0.1) is 30.6 Å². The van der Waals surface area contributed by atoms with Crippen molar-refractivity contribution in [1.29, 1.82) is 0 Å². The van der Waals surface area contributed by atoms with Gasteiger partial charge in [0.25, 0.3) is 0 Å². The van der Waals surface area contributed by atoms with E-state index in [2.05, 4.69) is 16.9 Å². The van der Waals surface area contributed by atoms with Crippen LogP contribution in [-0.2, 0) is 13.0 Å². The maximum absolute atomic E-state index is 6.01. The number of anilines is 1. The summed E-state index contributed by atoms with van der Waals surface area (Å²) in [5.41, 5.74) is 8.72. The lowest BCUT2D eigenvalue weighted by atomic mass is 10.1. The number of para-hydroxylation sites is 2. The molecular weight excluding hydrogens is 457 g/mol. The summed E-state index contributed by atoms with van der Waals surface area (Å²) in [6.07, 6.45) is 2.49. The van der Waals surface area contributed by atoms with E-state index in [1.165, 1.54) is 0 Å². The zero-order chi connectivity index (χ0) is 18.9. The van der Waals surface area contributed by atoms with Gasteiger partial charge in [-0.1, -0.05) is 18.2 Å². The van der Waals surface area contributed by atoms with Crippen LogP contribution in [0.2, 0.25) is 0 Å². The Hall–Kier alpha value is -2.42. The van der Waals surface area contributed by atoms with Crippen LogP contribution in [0.15, 0.2) is 54.0 Å². The molecule has 0 bridgehead atoms. The molecule has 0 spiro atoms. The summed E-state index contributed by atoms with van der Waals surface area (Å²) in [6, 6.07) is 11.4. The van der Waals surface area contributed by atoms with Gasteiger partial charge in [0.05, 0.1) is 33.6 Å². The van der Waals surface area contributed by atoms with Crippen LogP contribution in [0, 0.1) is 0 Å². The Balaban J connectivity index is 0.00000364. The number of rotatable bonds is 8. The highest BCUT2D eigenvalue weighted by atomic mass is 127. The lowest BCUT2D eigenvalue weighted by molar-refractivity contribution is 0.352. The molecule has 0 aliphatic heterocycles. The molecule has 0 saturated heterocycles. The summed E-state index contributed by atoms with van der Waals surface area (Å²) in [6.45, 7) is 4.19. The molecule has 0 unspecified atom stereocenters. The van der Waals surface area contributed by atoms with E-state index in [0.29, 0.717) is 36.2 Å². The topological polar surface area (TPSA) is 78.1 Å². The standard InChI is InChI=1S/C20H25N3O3.HI/c1-5-8-15-11-14(12-18(25-3)19(15)26-4)13-22-20(21)23-16-9-6-7-10-17(16)24-2;/h5-7,9-12H,1,8,13H2,2-4H3,(H3,21,22,23);1H. The molecule has 146 valence electrons. The smallest absolute Gasteiger partial charge is 0.193 e. The van der Waals surface area contributed by atoms with Crippen LogP contribution in [0.1, 0.15) is 11.1 Å². The van der Waals surface area contributed by atoms with Gasteiger partial charge in [0.15, 0.2) is 17.5 Å². The first-order valence-corrected chi connectivity index (χ1v) is 8.17. The van der Waals surface area contributed by atoms with Crippen LogP contribution in [0.4, 0.5) is 5.69 Å². The average molecular weight is 483 g/mol. The van der Waals surface area contributed by atoms with Crippen molar-refractivity contribution in [2.24, 2.45) is 10.7 Å². The van der Waals surface area contributed by atoms with Gasteiger partial charge >= 0.3 is 0 Å².